The van der Waals surface area contributed by atoms with E-state index >= 15 is 0 Å². The Morgan fingerprint density at radius 2 is 2.08 bits per heavy atom. The van der Waals surface area contributed by atoms with Gasteiger partial charge in [0.05, 0.1) is 0 Å². The molecule has 0 bridgehead atoms. The summed E-state index contributed by atoms with van der Waals surface area (Å²) in [7, 11) is 0. The number of fused-ring (bicyclic) bond motifs is 1. The molecule has 25 heavy (non-hydrogen) atoms. The molecule has 2 heterocycles. The number of likely N-dealkylation sites (tertiary alicyclic amines) is 1. The van der Waals surface area contributed by atoms with E-state index in [9.17, 15) is 0 Å². The molecule has 1 aromatic carbocycles. The molecule has 0 amide bonds. The van der Waals surface area contributed by atoms with E-state index in [0.717, 1.165) is 6.42 Å². The standard InChI is InChI=1S/C21H30N2.C2H6.H2/c1-3-7-17-10-11-21-20(15-17)18(16-22-21)12-14-23-13-6-5-9-19(23)8-4-2;1-2;/h4,8,10-11,15-16,19,22H,3,5-7,9,12-14H2,1-2H3;1-2H3;1H/b8-4-;;. The molecule has 0 saturated carbocycles. The van der Waals surface area contributed by atoms with Crippen molar-refractivity contribution in [2.24, 2.45) is 0 Å². The van der Waals surface area contributed by atoms with Crippen LogP contribution in [0.2, 0.25) is 0 Å². The molecule has 0 radical (unpaired) electrons. The second-order valence-corrected chi connectivity index (χ2v) is 6.82. The summed E-state index contributed by atoms with van der Waals surface area (Å²) in [6.07, 6.45) is 14.4. The number of benzene rings is 1. The lowest BCUT2D eigenvalue weighted by Crippen LogP contribution is -2.39. The molecule has 0 aliphatic carbocycles. The number of hydrogen-bond donors (Lipinski definition) is 1. The number of aromatic nitrogens is 1. The van der Waals surface area contributed by atoms with Crippen molar-refractivity contribution in [3.05, 3.63) is 47.7 Å². The van der Waals surface area contributed by atoms with Gasteiger partial charge in [-0.1, -0.05) is 51.8 Å². The van der Waals surface area contributed by atoms with Gasteiger partial charge in [-0.05, 0) is 62.4 Å². The van der Waals surface area contributed by atoms with E-state index in [0.29, 0.717) is 6.04 Å². The van der Waals surface area contributed by atoms with E-state index < -0.39 is 0 Å². The number of piperidine rings is 1. The Balaban J connectivity index is 0.00000109. The number of hydrogen-bond acceptors (Lipinski definition) is 1. The Bertz CT molecular complexity index is 659. The van der Waals surface area contributed by atoms with Crippen LogP contribution in [0.3, 0.4) is 0 Å². The zero-order valence-corrected chi connectivity index (χ0v) is 16.6. The number of aryl methyl sites for hydroxylation is 1. The lowest BCUT2D eigenvalue weighted by Gasteiger charge is -2.33. The summed E-state index contributed by atoms with van der Waals surface area (Å²) in [5, 5.41) is 1.43. The largest absolute Gasteiger partial charge is 0.361 e. The lowest BCUT2D eigenvalue weighted by molar-refractivity contribution is 0.182. The Morgan fingerprint density at radius 1 is 1.24 bits per heavy atom. The summed E-state index contributed by atoms with van der Waals surface area (Å²) in [6, 6.07) is 7.55. The first-order valence-corrected chi connectivity index (χ1v) is 10.3. The molecule has 1 aromatic heterocycles. The van der Waals surface area contributed by atoms with Crippen molar-refractivity contribution in [3.8, 4) is 0 Å². The highest BCUT2D eigenvalue weighted by atomic mass is 15.2. The highest BCUT2D eigenvalue weighted by Crippen LogP contribution is 2.23. The fourth-order valence-corrected chi connectivity index (χ4v) is 3.88. The average molecular weight is 343 g/mol. The van der Waals surface area contributed by atoms with Gasteiger partial charge in [0, 0.05) is 31.1 Å². The van der Waals surface area contributed by atoms with Gasteiger partial charge in [0.2, 0.25) is 0 Å². The fraction of sp³-hybridized carbons (Fsp3) is 0.565. The van der Waals surface area contributed by atoms with Crippen molar-refractivity contribution in [2.45, 2.75) is 72.3 Å². The van der Waals surface area contributed by atoms with E-state index in [2.05, 4.69) is 60.3 Å². The molecule has 1 aliphatic rings. The average Bonchev–Trinajstić information content (AvgIpc) is 3.06. The number of H-pyrrole nitrogens is 1. The molecule has 1 fully saturated rings. The Kier molecular flexibility index (Phi) is 8.27. The Hall–Kier alpha value is -1.54. The monoisotopic (exact) mass is 342 g/mol. The van der Waals surface area contributed by atoms with E-state index in [-0.39, 0.29) is 1.43 Å². The first-order valence-electron chi connectivity index (χ1n) is 10.3. The third-order valence-electron chi connectivity index (χ3n) is 5.12. The van der Waals surface area contributed by atoms with Crippen molar-refractivity contribution in [2.75, 3.05) is 13.1 Å². The van der Waals surface area contributed by atoms with Crippen molar-refractivity contribution < 1.29 is 1.43 Å². The van der Waals surface area contributed by atoms with E-state index in [1.165, 1.54) is 67.2 Å². The van der Waals surface area contributed by atoms with Crippen molar-refractivity contribution in [3.63, 3.8) is 0 Å². The molecule has 1 saturated heterocycles. The summed E-state index contributed by atoms with van der Waals surface area (Å²) >= 11 is 0. The smallest absolute Gasteiger partial charge is 0.0456 e. The molecular formula is C23H38N2. The third kappa shape index (κ3) is 5.22. The van der Waals surface area contributed by atoms with Crippen LogP contribution < -0.4 is 0 Å². The summed E-state index contributed by atoms with van der Waals surface area (Å²) < 4.78 is 0. The maximum atomic E-state index is 3.45. The number of aromatic amines is 1. The predicted octanol–water partition coefficient (Wildman–Crippen LogP) is 6.37. The Labute approximate surface area is 155 Å². The molecule has 1 N–H and O–H groups in total. The first-order chi connectivity index (χ1) is 12.3. The van der Waals surface area contributed by atoms with Gasteiger partial charge in [-0.2, -0.15) is 0 Å². The molecule has 2 nitrogen and oxygen atoms in total. The Morgan fingerprint density at radius 3 is 2.84 bits per heavy atom. The van der Waals surface area contributed by atoms with Gasteiger partial charge in [0.1, 0.15) is 0 Å². The summed E-state index contributed by atoms with van der Waals surface area (Å²) in [5.74, 6) is 0. The maximum Gasteiger partial charge on any atom is 0.0456 e. The SMILES string of the molecule is C/C=C\C1CCCCN1CCc1c[nH]c2ccc(CCC)cc12.CC.[HH]. The minimum atomic E-state index is 0. The zero-order valence-electron chi connectivity index (χ0n) is 16.6. The van der Waals surface area contributed by atoms with Gasteiger partial charge in [0.25, 0.3) is 0 Å². The quantitative estimate of drug-likeness (QED) is 0.605. The highest BCUT2D eigenvalue weighted by molar-refractivity contribution is 5.83. The molecule has 1 aliphatic heterocycles. The minimum absolute atomic E-state index is 0. The van der Waals surface area contributed by atoms with Crippen molar-refractivity contribution in [1.82, 2.24) is 9.88 Å². The van der Waals surface area contributed by atoms with E-state index in [1.807, 2.05) is 13.8 Å². The molecule has 1 atom stereocenters. The second kappa shape index (κ2) is 10.5. The number of nitrogens with zero attached hydrogens (tertiary/aromatic N) is 1. The van der Waals surface area contributed by atoms with Gasteiger partial charge in [-0.3, -0.25) is 4.90 Å². The minimum Gasteiger partial charge on any atom is -0.361 e. The molecule has 3 rings (SSSR count). The van der Waals surface area contributed by atoms with Gasteiger partial charge >= 0.3 is 0 Å². The van der Waals surface area contributed by atoms with Crippen LogP contribution in [0.1, 0.15) is 65.9 Å². The number of allylic oxidation sites excluding steroid dienone is 1. The fourth-order valence-electron chi connectivity index (χ4n) is 3.88. The molecule has 1 unspecified atom stereocenters. The molecule has 0 spiro atoms. The number of nitrogens with one attached hydrogen (secondary N) is 1. The zero-order chi connectivity index (χ0) is 18.1. The predicted molar refractivity (Wildman–Crippen MR) is 113 cm³/mol. The summed E-state index contributed by atoms with van der Waals surface area (Å²) in [4.78, 5) is 6.11. The lowest BCUT2D eigenvalue weighted by atomic mass is 10.00. The van der Waals surface area contributed by atoms with Gasteiger partial charge in [0.15, 0.2) is 0 Å². The first kappa shape index (κ1) is 19.8. The van der Waals surface area contributed by atoms with E-state index in [4.69, 9.17) is 0 Å². The third-order valence-corrected chi connectivity index (χ3v) is 5.12. The normalized spacial score (nSPS) is 18.5. The van der Waals surface area contributed by atoms with Crippen LogP contribution in [0.15, 0.2) is 36.5 Å². The van der Waals surface area contributed by atoms with Gasteiger partial charge in [-0.25, -0.2) is 0 Å². The van der Waals surface area contributed by atoms with Crippen LogP contribution in [-0.4, -0.2) is 29.0 Å². The van der Waals surface area contributed by atoms with E-state index in [1.54, 1.807) is 0 Å². The van der Waals surface area contributed by atoms with Crippen molar-refractivity contribution >= 4 is 10.9 Å². The molecule has 140 valence electrons. The molecular weight excluding hydrogens is 304 g/mol. The van der Waals surface area contributed by atoms with Crippen LogP contribution in [0.5, 0.6) is 0 Å². The molecule has 2 aromatic rings. The summed E-state index contributed by atoms with van der Waals surface area (Å²) in [6.45, 7) is 10.8. The second-order valence-electron chi connectivity index (χ2n) is 6.82. The van der Waals surface area contributed by atoms with Crippen molar-refractivity contribution in [1.29, 1.82) is 0 Å². The highest BCUT2D eigenvalue weighted by Gasteiger charge is 2.19. The molecule has 2 heteroatoms. The topological polar surface area (TPSA) is 19.0 Å². The maximum absolute atomic E-state index is 3.45. The van der Waals surface area contributed by atoms with Crippen LogP contribution in [0.25, 0.3) is 10.9 Å². The number of rotatable bonds is 6. The van der Waals surface area contributed by atoms with Crippen LogP contribution in [0, 0.1) is 0 Å². The van der Waals surface area contributed by atoms with Gasteiger partial charge < -0.3 is 4.98 Å². The van der Waals surface area contributed by atoms with Crippen LogP contribution >= 0.6 is 0 Å². The summed E-state index contributed by atoms with van der Waals surface area (Å²) in [5.41, 5.74) is 4.22. The van der Waals surface area contributed by atoms with Crippen LogP contribution in [-0.2, 0) is 12.8 Å². The van der Waals surface area contributed by atoms with Gasteiger partial charge in [-0.15, -0.1) is 0 Å². The van der Waals surface area contributed by atoms with Crippen LogP contribution in [0.4, 0.5) is 0 Å².